The van der Waals surface area contributed by atoms with E-state index in [9.17, 15) is 0 Å². The second kappa shape index (κ2) is 59.8. The van der Waals surface area contributed by atoms with Gasteiger partial charge in [0.05, 0.1) is 7.92 Å². The summed E-state index contributed by atoms with van der Waals surface area (Å²) in [5, 5.41) is 4.31. The summed E-state index contributed by atoms with van der Waals surface area (Å²) >= 11 is -0.0687. The van der Waals surface area contributed by atoms with Crippen LogP contribution < -0.4 is 35.5 Å². The molecule has 2 fully saturated rings. The first-order valence-corrected chi connectivity index (χ1v) is 65.2. The minimum atomic E-state index is -1.88. The summed E-state index contributed by atoms with van der Waals surface area (Å²) in [6.07, 6.45) is 4.09. The summed E-state index contributed by atoms with van der Waals surface area (Å²) in [6.45, 7) is 55.2. The minimum absolute atomic E-state index is 0.514. The van der Waals surface area contributed by atoms with Crippen molar-refractivity contribution in [3.8, 4) is 0 Å². The number of nitrogens with zero attached hydrogens (tertiary/aromatic N) is 6. The van der Waals surface area contributed by atoms with Gasteiger partial charge in [-0.1, -0.05) is 336 Å². The maximum Gasteiger partial charge on any atom is 0.102 e. The average Bonchev–Trinajstić information content (AvgIpc) is 1.30. The van der Waals surface area contributed by atoms with Crippen molar-refractivity contribution in [3.05, 3.63) is 520 Å². The quantitative estimate of drug-likeness (QED) is 0.0252. The van der Waals surface area contributed by atoms with Crippen molar-refractivity contribution in [3.63, 3.8) is 0 Å². The maximum atomic E-state index is 6.19. The molecule has 0 N–H and O–H groups in total. The number of hydrogen-bond acceptors (Lipinski definition) is 6. The predicted molar refractivity (Wildman–Crippen MR) is 636 cm³/mol. The van der Waals surface area contributed by atoms with E-state index < -0.39 is 35.0 Å². The van der Waals surface area contributed by atoms with Gasteiger partial charge in [0, 0.05) is 68.6 Å². The maximum absolute atomic E-state index is 6.19. The molecular weight excluding hydrogens is 2140 g/mol. The fourth-order valence-electron chi connectivity index (χ4n) is 19.5. The second-order valence-electron chi connectivity index (χ2n) is 40.0. The number of rotatable bonds is 30. The molecule has 15 heteroatoms. The van der Waals surface area contributed by atoms with Gasteiger partial charge in [-0.15, -0.1) is 0 Å². The molecule has 0 atom stereocenters. The third-order valence-electron chi connectivity index (χ3n) is 26.7. The Morgan fingerprint density at radius 2 is 0.531 bits per heavy atom. The average molecular weight is 2290 g/mol. The van der Waals surface area contributed by atoms with Crippen molar-refractivity contribution in [2.75, 3.05) is 45.8 Å². The fraction of sp³-hybridized carbons (Fsp3) is 0.258. The van der Waals surface area contributed by atoms with E-state index in [1.54, 1.807) is 0 Å². The van der Waals surface area contributed by atoms with Crippen LogP contribution in [0.4, 0.5) is 22.7 Å². The Morgan fingerprint density at radius 3 is 0.796 bits per heavy atom. The van der Waals surface area contributed by atoms with Crippen LogP contribution >= 0.6 is 56.8 Å². The third kappa shape index (κ3) is 33.4. The number of allylic oxidation sites excluding steroid dienone is 1. The summed E-state index contributed by atoms with van der Waals surface area (Å²) < 4.78 is 3.16. The fourth-order valence-corrected chi connectivity index (χ4v) is 26.4. The molecule has 15 aromatic rings. The number of anilines is 4. The molecule has 0 radical (unpaired) electrons. The summed E-state index contributed by atoms with van der Waals surface area (Å²) in [6, 6.07) is 138. The zero-order valence-electron chi connectivity index (χ0n) is 88.3. The molecule has 15 aromatic carbocycles. The van der Waals surface area contributed by atoms with Crippen LogP contribution in [0, 0.1) is 13.3 Å². The van der Waals surface area contributed by atoms with Crippen LogP contribution in [0.2, 0.25) is 0 Å². The molecule has 3 aliphatic rings. The number of halogens is 5. The minimum Gasteiger partial charge on any atom is -0.0620 e. The van der Waals surface area contributed by atoms with Crippen molar-refractivity contribution >= 4 is 116 Å². The Bertz CT molecular complexity index is 6080. The van der Waals surface area contributed by atoms with Crippen molar-refractivity contribution in [2.45, 2.75) is 197 Å². The topological polar surface area (TPSA) is 19.4 Å². The molecule has 1 aliphatic carbocycles. The summed E-state index contributed by atoms with van der Waals surface area (Å²) in [5.74, 6) is 4.11. The Hall–Kier alpha value is -9.71. The first-order valence-electron chi connectivity index (χ1n) is 51.6. The molecule has 2 aliphatic heterocycles. The number of benzene rings is 15. The van der Waals surface area contributed by atoms with Crippen molar-refractivity contribution < 1.29 is 42.1 Å². The van der Waals surface area contributed by atoms with Gasteiger partial charge in [-0.25, -0.2) is 0 Å². The molecule has 18 rings (SSSR count). The predicted octanol–water partition coefficient (Wildman–Crippen LogP) is 35.2. The number of hydrogen-bond donors (Lipinski definition) is 0. The van der Waals surface area contributed by atoms with E-state index in [-0.39, 0.29) is 0 Å². The van der Waals surface area contributed by atoms with Gasteiger partial charge in [-0.05, 0) is 151 Å². The largest absolute Gasteiger partial charge is 0.102 e. The molecule has 147 heavy (non-hydrogen) atoms. The molecule has 774 valence electrons. The smallest absolute Gasteiger partial charge is 0.0620 e. The van der Waals surface area contributed by atoms with Crippen LogP contribution in [-0.4, -0.2) is 44.7 Å². The van der Waals surface area contributed by atoms with Gasteiger partial charge in [0.15, 0.2) is 0 Å². The van der Waals surface area contributed by atoms with Crippen molar-refractivity contribution in [2.24, 2.45) is 0 Å². The van der Waals surface area contributed by atoms with Crippen LogP contribution in [0.15, 0.2) is 401 Å². The van der Waals surface area contributed by atoms with E-state index in [4.69, 9.17) is 38.8 Å². The van der Waals surface area contributed by atoms with Crippen LogP contribution in [0.3, 0.4) is 0 Å². The van der Waals surface area contributed by atoms with Crippen LogP contribution in [0.1, 0.15) is 264 Å². The van der Waals surface area contributed by atoms with Crippen LogP contribution in [0.5, 0.6) is 0 Å². The zero-order chi connectivity index (χ0) is 105. The van der Waals surface area contributed by atoms with Crippen LogP contribution in [0.25, 0.3) is 11.6 Å². The van der Waals surface area contributed by atoms with Crippen molar-refractivity contribution in [1.29, 1.82) is 0 Å². The molecule has 0 bridgehead atoms. The standard InChI is InChI=1S/2C27H39N2.C23H23N.C22H21N.C18H15P.C15H10.5ClH.Cu.2Ru/c2*1-18(2)22-11-9-12-23(19(3)4)26(22)28-15-16-29(17-28)27-24(20(5)6)13-10-14-25(27)21(7)8;1-2-22-15-9-10-16-23(22)19-24(17-20-11-5-3-6-12-20)18-21-13-7-4-8-14-21;1-19-10-8-9-15-22(19)18-23(16-20-11-4-2-5-12-20)17-21-13-6-3-7-14-21;1-4-10-16(11-5-1)19(17-12-6-2-7-13-17)18-14-8-3-9-15-18;1-2-6-12(7-3-1)15-11-10-13-8-4-5-9-14(13)15;;;;;;;;/h2*9-14,17-21H,15-16H2,1-8H3;2-16H,1,17-19H2;1-15H,16-18H2;1-15H;1-9,11H;5*1H;;;/q2*-1;;;;;;;;;;+1;2*+2/p-4. The van der Waals surface area contributed by atoms with Gasteiger partial charge < -0.3 is 19.6 Å². The van der Waals surface area contributed by atoms with Gasteiger partial charge in [-0.2, -0.15) is 13.3 Å². The van der Waals surface area contributed by atoms with E-state index in [1.807, 2.05) is 41.0 Å². The first kappa shape index (κ1) is 116. The zero-order valence-corrected chi connectivity index (χ0v) is 97.5. The summed E-state index contributed by atoms with van der Waals surface area (Å²) in [5.41, 5.74) is 32.4. The molecule has 2 heterocycles. The second-order valence-corrected chi connectivity index (χ2v) is 54.0. The Balaban J connectivity index is 0.000000157. The first-order chi connectivity index (χ1) is 71.2. The van der Waals surface area contributed by atoms with Crippen molar-refractivity contribution in [1.82, 2.24) is 9.80 Å². The molecule has 0 unspecified atom stereocenters. The van der Waals surface area contributed by atoms with E-state index in [0.29, 0.717) is 47.3 Å². The van der Waals surface area contributed by atoms with Crippen LogP contribution in [-0.2, 0) is 81.4 Å². The van der Waals surface area contributed by atoms with Gasteiger partial charge in [0.2, 0.25) is 0 Å². The van der Waals surface area contributed by atoms with Gasteiger partial charge in [0.25, 0.3) is 0 Å². The monoisotopic (exact) mass is 2290 g/mol. The molecule has 0 spiro atoms. The van der Waals surface area contributed by atoms with Gasteiger partial charge in [0.1, 0.15) is 15.9 Å². The van der Waals surface area contributed by atoms with E-state index in [0.717, 1.165) is 75.1 Å². The molecule has 0 saturated carbocycles. The molecule has 2 saturated heterocycles. The molecule has 0 aromatic heterocycles. The number of fused-ring (bicyclic) bond motifs is 1. The van der Waals surface area contributed by atoms with Gasteiger partial charge in [-0.3, -0.25) is 4.90 Å². The molecular formula is C132H148Cl5CuN6PRu2-. The number of para-hydroxylation sites is 4. The SMILES string of the molecule is C=Cc1ccccc1CN(Cc1ccccc1)Cc1ccccc1.CC(C)c1cccc(C(C)C)c1N1[CH-]N(c2c(C(C)C)cccc2C(C)C)CC1.CC(C)c1cccc(C(C)C)c1N1[CH-]N(c2c(C(C)C)cccc2C(C)C)CC1.[Cl][Cu].[Cl][Ru]([Cl])=[CH]c1ccccc1CN(Cc1ccccc1)Cc1ccccc1.[Cl][Ru]([Cl])=[C]1C=C(c2ccccc2)c2ccccc21.c1ccc([PH+](c2ccccc2)c2ccccc2)cc1. The molecule has 6 nitrogen and oxygen atoms in total. The summed E-state index contributed by atoms with van der Waals surface area (Å²) in [4.78, 5) is 15.0. The Labute approximate surface area is 922 Å². The third-order valence-corrected chi connectivity index (χ3v) is 34.4. The van der Waals surface area contributed by atoms with E-state index in [1.165, 1.54) is 144 Å². The van der Waals surface area contributed by atoms with Gasteiger partial charge >= 0.3 is 314 Å². The summed E-state index contributed by atoms with van der Waals surface area (Å²) in [7, 11) is 27.9. The Kier molecular flexibility index (Phi) is 47.2. The van der Waals surface area contributed by atoms with E-state index in [2.05, 4.69) is 549 Å². The van der Waals surface area contributed by atoms with E-state index >= 15 is 0 Å². The molecule has 0 amide bonds. The Morgan fingerprint density at radius 1 is 0.293 bits per heavy atom. The normalized spacial score (nSPS) is 12.8.